The number of hydrogen-bond acceptors (Lipinski definition) is 15. The summed E-state index contributed by atoms with van der Waals surface area (Å²) in [7, 11) is -9.94. The van der Waals surface area contributed by atoms with Crippen LogP contribution in [-0.4, -0.2) is 96.7 Å². The molecule has 19 heteroatoms. The van der Waals surface area contributed by atoms with Gasteiger partial charge >= 0.3 is 39.5 Å². The fourth-order valence-electron chi connectivity index (χ4n) is 14.6. The van der Waals surface area contributed by atoms with Crippen molar-refractivity contribution >= 4 is 39.5 Å². The Morgan fingerprint density at radius 1 is 0.259 bits per heavy atom. The van der Waals surface area contributed by atoms with Crippen LogP contribution in [0.3, 0.4) is 0 Å². The number of ether oxygens (including phenoxy) is 4. The molecule has 0 aromatic heterocycles. The zero-order valence-electron chi connectivity index (χ0n) is 74.0. The number of hydrogen-bond donors (Lipinski definition) is 3. The monoisotopic (exact) mass is 1630 g/mol. The average Bonchev–Trinajstić information content (AvgIpc) is 0.889. The zero-order valence-corrected chi connectivity index (χ0v) is 75.8. The number of rotatable bonds is 92. The van der Waals surface area contributed by atoms with E-state index in [2.05, 4.69) is 41.5 Å². The van der Waals surface area contributed by atoms with E-state index >= 15 is 0 Å². The van der Waals surface area contributed by atoms with Gasteiger partial charge in [-0.3, -0.25) is 37.3 Å². The Bertz CT molecular complexity index is 2130. The van der Waals surface area contributed by atoms with Crippen LogP contribution in [0.4, 0.5) is 0 Å². The van der Waals surface area contributed by atoms with Gasteiger partial charge in [0.15, 0.2) is 12.2 Å². The van der Waals surface area contributed by atoms with E-state index in [9.17, 15) is 43.2 Å². The van der Waals surface area contributed by atoms with Crippen molar-refractivity contribution in [2.75, 3.05) is 39.6 Å². The molecule has 0 saturated heterocycles. The first kappa shape index (κ1) is 110. The first-order valence-electron chi connectivity index (χ1n) is 48.0. The van der Waals surface area contributed by atoms with Crippen LogP contribution in [0.25, 0.3) is 0 Å². The van der Waals surface area contributed by atoms with Crippen molar-refractivity contribution in [3.05, 3.63) is 0 Å². The summed E-state index contributed by atoms with van der Waals surface area (Å²) in [6, 6.07) is 0. The fourth-order valence-corrected chi connectivity index (χ4v) is 16.2. The van der Waals surface area contributed by atoms with E-state index in [1.807, 2.05) is 0 Å². The molecule has 17 nitrogen and oxygen atoms in total. The molecule has 0 bridgehead atoms. The lowest BCUT2D eigenvalue weighted by Gasteiger charge is -2.21. The minimum absolute atomic E-state index is 0.109. The van der Waals surface area contributed by atoms with E-state index in [4.69, 9.17) is 37.0 Å². The second kappa shape index (κ2) is 84.1. The van der Waals surface area contributed by atoms with Crippen LogP contribution in [0, 0.1) is 11.8 Å². The summed E-state index contributed by atoms with van der Waals surface area (Å²) in [4.78, 5) is 73.5. The summed E-state index contributed by atoms with van der Waals surface area (Å²) in [6.07, 6.45) is 79.1. The molecular formula is C93H182O17P2. The molecule has 0 aromatic carbocycles. The first-order chi connectivity index (χ1) is 54.4. The van der Waals surface area contributed by atoms with Crippen LogP contribution in [0.15, 0.2) is 0 Å². The van der Waals surface area contributed by atoms with E-state index in [0.717, 1.165) is 102 Å². The Labute approximate surface area is 689 Å². The number of unbranched alkanes of at least 4 members (excludes halogenated alkanes) is 61. The number of carbonyl (C=O) groups excluding carboxylic acids is 4. The lowest BCUT2D eigenvalue weighted by molar-refractivity contribution is -0.161. The van der Waals surface area contributed by atoms with E-state index in [-0.39, 0.29) is 25.7 Å². The van der Waals surface area contributed by atoms with Crippen molar-refractivity contribution in [3.8, 4) is 0 Å². The summed E-state index contributed by atoms with van der Waals surface area (Å²) in [5.41, 5.74) is 0. The number of phosphoric ester groups is 2. The maximum absolute atomic E-state index is 13.2. The molecule has 112 heavy (non-hydrogen) atoms. The highest BCUT2D eigenvalue weighted by Crippen LogP contribution is 2.45. The summed E-state index contributed by atoms with van der Waals surface area (Å²) >= 11 is 0. The molecule has 3 unspecified atom stereocenters. The minimum atomic E-state index is -4.97. The Kier molecular flexibility index (Phi) is 82.6. The topological polar surface area (TPSA) is 237 Å². The van der Waals surface area contributed by atoms with Gasteiger partial charge in [0.25, 0.3) is 0 Å². The molecule has 0 aliphatic carbocycles. The Hall–Kier alpha value is -1.94. The number of esters is 4. The maximum atomic E-state index is 13.2. The molecule has 3 N–H and O–H groups in total. The smallest absolute Gasteiger partial charge is 0.462 e. The quantitative estimate of drug-likeness (QED) is 0.0222. The van der Waals surface area contributed by atoms with E-state index in [1.54, 1.807) is 0 Å². The predicted octanol–water partition coefficient (Wildman–Crippen LogP) is 29.0. The van der Waals surface area contributed by atoms with Crippen LogP contribution in [0.2, 0.25) is 0 Å². The second-order valence-electron chi connectivity index (χ2n) is 34.1. The van der Waals surface area contributed by atoms with Gasteiger partial charge in [0.1, 0.15) is 19.3 Å². The van der Waals surface area contributed by atoms with Gasteiger partial charge in [-0.1, -0.05) is 452 Å². The molecule has 0 fully saturated rings. The van der Waals surface area contributed by atoms with Gasteiger partial charge < -0.3 is 33.8 Å². The number of phosphoric acid groups is 2. The molecular weight excluding hydrogens is 1450 g/mol. The van der Waals surface area contributed by atoms with Crippen molar-refractivity contribution in [1.82, 2.24) is 0 Å². The maximum Gasteiger partial charge on any atom is 0.472 e. The molecule has 0 spiro atoms. The van der Waals surface area contributed by atoms with Gasteiger partial charge in [-0.15, -0.1) is 0 Å². The van der Waals surface area contributed by atoms with Crippen LogP contribution < -0.4 is 0 Å². The van der Waals surface area contributed by atoms with Gasteiger partial charge in [0.05, 0.1) is 26.4 Å². The Balaban J connectivity index is 5.24. The van der Waals surface area contributed by atoms with E-state index in [1.165, 1.54) is 321 Å². The first-order valence-corrected chi connectivity index (χ1v) is 51.0. The average molecular weight is 1630 g/mol. The molecule has 0 heterocycles. The van der Waals surface area contributed by atoms with Crippen LogP contribution in [-0.2, 0) is 65.4 Å². The molecule has 0 amide bonds. The molecule has 0 saturated carbocycles. The van der Waals surface area contributed by atoms with Crippen LogP contribution >= 0.6 is 15.6 Å². The van der Waals surface area contributed by atoms with Crippen LogP contribution in [0.1, 0.15) is 504 Å². The normalized spacial score (nSPS) is 13.9. The van der Waals surface area contributed by atoms with Gasteiger partial charge in [-0.2, -0.15) is 0 Å². The molecule has 6 atom stereocenters. The van der Waals surface area contributed by atoms with E-state index in [0.29, 0.717) is 25.7 Å². The standard InChI is InChI=1S/C93H182O17P2/c1-7-10-12-14-16-18-20-22-23-24-25-29-36-41-47-53-59-65-71-77-92(97)109-88(81-103-90(95)75-69-63-57-51-45-21-19-17-15-13-11-8-2)83-107-111(99,100)105-79-87(94)80-106-112(101,102)108-84-89(82-104-91(96)76-70-64-58-52-46-40-35-32-31-33-38-43-49-55-61-67-73-85(4)5)110-93(98)78-72-66-60-54-48-42-37-30-27-26-28-34-39-44-50-56-62-68-74-86(6)9-3/h85-89,94H,7-84H2,1-6H3,(H,99,100)(H,101,102)/t86?,87-,88+,89+/m0/s1. The predicted molar refractivity (Wildman–Crippen MR) is 465 cm³/mol. The van der Waals surface area contributed by atoms with Crippen molar-refractivity contribution in [1.29, 1.82) is 0 Å². The third-order valence-corrected chi connectivity index (χ3v) is 24.2. The number of aliphatic hydroxyl groups is 1. The highest BCUT2D eigenvalue weighted by Gasteiger charge is 2.31. The molecule has 666 valence electrons. The lowest BCUT2D eigenvalue weighted by atomic mass is 9.99. The van der Waals surface area contributed by atoms with Crippen molar-refractivity contribution in [2.45, 2.75) is 522 Å². The molecule has 0 aromatic rings. The van der Waals surface area contributed by atoms with Gasteiger partial charge in [0, 0.05) is 25.7 Å². The molecule has 0 aliphatic heterocycles. The molecule has 0 aliphatic rings. The third-order valence-electron chi connectivity index (χ3n) is 22.3. The lowest BCUT2D eigenvalue weighted by Crippen LogP contribution is -2.30. The SMILES string of the molecule is CCCCCCCCCCCCCCCCCCCCCC(=O)O[C@H](COC(=O)CCCCCCCCCCCCCC)COP(=O)(O)OC[C@H](O)COP(=O)(O)OC[C@@H](COC(=O)CCCCCCCCCCCCCCCCCCC(C)C)OC(=O)CCCCCCCCCCCCCCCCCCCCC(C)CC. The third kappa shape index (κ3) is 84.5. The van der Waals surface area contributed by atoms with Gasteiger partial charge in [-0.25, -0.2) is 9.13 Å². The van der Waals surface area contributed by atoms with Gasteiger partial charge in [-0.05, 0) is 37.5 Å². The van der Waals surface area contributed by atoms with Gasteiger partial charge in [0.2, 0.25) is 0 Å². The highest BCUT2D eigenvalue weighted by atomic mass is 31.2. The summed E-state index contributed by atoms with van der Waals surface area (Å²) in [5.74, 6) is -0.408. The number of aliphatic hydroxyl groups excluding tert-OH is 1. The number of carbonyl (C=O) groups is 4. The van der Waals surface area contributed by atoms with Crippen molar-refractivity contribution < 1.29 is 80.2 Å². The summed E-state index contributed by atoms with van der Waals surface area (Å²) in [6.45, 7) is 9.82. The highest BCUT2D eigenvalue weighted by molar-refractivity contribution is 7.47. The van der Waals surface area contributed by atoms with Crippen molar-refractivity contribution in [2.24, 2.45) is 11.8 Å². The largest absolute Gasteiger partial charge is 0.472 e. The minimum Gasteiger partial charge on any atom is -0.462 e. The zero-order chi connectivity index (χ0) is 82.0. The Morgan fingerprint density at radius 2 is 0.455 bits per heavy atom. The Morgan fingerprint density at radius 3 is 0.679 bits per heavy atom. The fraction of sp³-hybridized carbons (Fsp3) is 0.957. The van der Waals surface area contributed by atoms with E-state index < -0.39 is 97.5 Å². The summed E-state index contributed by atoms with van der Waals surface area (Å²) < 4.78 is 69.1. The van der Waals surface area contributed by atoms with Crippen LogP contribution in [0.5, 0.6) is 0 Å². The molecule has 0 rings (SSSR count). The summed E-state index contributed by atoms with van der Waals surface area (Å²) in [5, 5.41) is 10.7. The van der Waals surface area contributed by atoms with Crippen molar-refractivity contribution in [3.63, 3.8) is 0 Å². The molecule has 0 radical (unpaired) electrons. The second-order valence-corrected chi connectivity index (χ2v) is 37.0.